The van der Waals surface area contributed by atoms with Gasteiger partial charge in [-0.15, -0.1) is 0 Å². The Kier molecular flexibility index (Phi) is 5.41. The van der Waals surface area contributed by atoms with Gasteiger partial charge < -0.3 is 5.32 Å². The number of carbonyl (C=O) groups excluding carboxylic acids is 1. The molecule has 3 rings (SSSR count). The van der Waals surface area contributed by atoms with E-state index in [1.54, 1.807) is 18.2 Å². The molecule has 2 aromatic rings. The van der Waals surface area contributed by atoms with Crippen LogP contribution in [-0.4, -0.2) is 36.7 Å². The van der Waals surface area contributed by atoms with E-state index in [1.165, 1.54) is 15.6 Å². The third-order valence-corrected chi connectivity index (χ3v) is 6.95. The largest absolute Gasteiger partial charge is 0.302 e. The zero-order valence-corrected chi connectivity index (χ0v) is 16.1. The van der Waals surface area contributed by atoms with E-state index < -0.39 is 10.0 Å². The Morgan fingerprint density at radius 1 is 1.28 bits per heavy atom. The van der Waals surface area contributed by atoms with Crippen LogP contribution in [0.5, 0.6) is 0 Å². The Morgan fingerprint density at radius 2 is 1.96 bits per heavy atom. The van der Waals surface area contributed by atoms with Crippen LogP contribution in [0.1, 0.15) is 39.5 Å². The highest BCUT2D eigenvalue weighted by Crippen LogP contribution is 2.33. The van der Waals surface area contributed by atoms with Crippen molar-refractivity contribution in [2.24, 2.45) is 5.92 Å². The summed E-state index contributed by atoms with van der Waals surface area (Å²) in [5, 5.41) is 3.35. The number of carbonyl (C=O) groups is 1. The summed E-state index contributed by atoms with van der Waals surface area (Å²) in [5.74, 6) is 0.114. The van der Waals surface area contributed by atoms with Crippen molar-refractivity contribution in [2.45, 2.75) is 44.4 Å². The van der Waals surface area contributed by atoms with Gasteiger partial charge in [0.05, 0.1) is 15.1 Å². The van der Waals surface area contributed by atoms with Crippen LogP contribution in [0.25, 0.3) is 10.2 Å². The van der Waals surface area contributed by atoms with Gasteiger partial charge in [-0.1, -0.05) is 25.2 Å². The SMILES string of the molecule is CCCN(CCC)S(=O)(=O)c1ccc2nc(NC(=O)C3CC3)sc2c1. The fourth-order valence-electron chi connectivity index (χ4n) is 2.67. The van der Waals surface area contributed by atoms with E-state index in [4.69, 9.17) is 0 Å². The number of anilines is 1. The molecule has 1 amide bonds. The lowest BCUT2D eigenvalue weighted by Gasteiger charge is -2.20. The summed E-state index contributed by atoms with van der Waals surface area (Å²) in [6, 6.07) is 4.97. The molecule has 0 unspecified atom stereocenters. The quantitative estimate of drug-likeness (QED) is 0.759. The first-order valence-corrected chi connectivity index (χ1v) is 10.9. The van der Waals surface area contributed by atoms with Gasteiger partial charge in [0.1, 0.15) is 0 Å². The molecule has 0 aliphatic heterocycles. The number of hydrogen-bond acceptors (Lipinski definition) is 5. The predicted molar refractivity (Wildman–Crippen MR) is 100 cm³/mol. The van der Waals surface area contributed by atoms with E-state index in [2.05, 4.69) is 10.3 Å². The van der Waals surface area contributed by atoms with Crippen molar-refractivity contribution in [3.8, 4) is 0 Å². The Morgan fingerprint density at radius 3 is 2.56 bits per heavy atom. The molecule has 0 bridgehead atoms. The summed E-state index contributed by atoms with van der Waals surface area (Å²) in [6.45, 7) is 4.97. The second-order valence-electron chi connectivity index (χ2n) is 6.32. The van der Waals surface area contributed by atoms with Gasteiger partial charge in [-0.2, -0.15) is 4.31 Å². The molecular weight excluding hydrogens is 358 g/mol. The molecule has 136 valence electrons. The Bertz CT molecular complexity index is 866. The number of aromatic nitrogens is 1. The third kappa shape index (κ3) is 4.02. The molecule has 0 spiro atoms. The van der Waals surface area contributed by atoms with Gasteiger partial charge in [-0.05, 0) is 43.9 Å². The topological polar surface area (TPSA) is 79.4 Å². The first-order valence-electron chi connectivity index (χ1n) is 8.67. The lowest BCUT2D eigenvalue weighted by atomic mass is 10.3. The smallest absolute Gasteiger partial charge is 0.243 e. The fourth-order valence-corrected chi connectivity index (χ4v) is 5.31. The third-order valence-electron chi connectivity index (χ3n) is 4.12. The minimum Gasteiger partial charge on any atom is -0.302 e. The highest BCUT2D eigenvalue weighted by Gasteiger charge is 2.30. The molecule has 1 aromatic carbocycles. The predicted octanol–water partition coefficient (Wildman–Crippen LogP) is 3.46. The lowest BCUT2D eigenvalue weighted by molar-refractivity contribution is -0.117. The maximum Gasteiger partial charge on any atom is 0.243 e. The van der Waals surface area contributed by atoms with Crippen molar-refractivity contribution in [1.29, 1.82) is 0 Å². The van der Waals surface area contributed by atoms with Crippen molar-refractivity contribution < 1.29 is 13.2 Å². The van der Waals surface area contributed by atoms with Crippen LogP contribution in [0.3, 0.4) is 0 Å². The number of fused-ring (bicyclic) bond motifs is 1. The number of nitrogens with zero attached hydrogens (tertiary/aromatic N) is 2. The molecule has 6 nitrogen and oxygen atoms in total. The second kappa shape index (κ2) is 7.39. The zero-order chi connectivity index (χ0) is 18.0. The summed E-state index contributed by atoms with van der Waals surface area (Å²) >= 11 is 1.31. The maximum absolute atomic E-state index is 12.9. The number of benzene rings is 1. The minimum absolute atomic E-state index is 0.00367. The normalized spacial score (nSPS) is 15.0. The lowest BCUT2D eigenvalue weighted by Crippen LogP contribution is -2.32. The molecular formula is C17H23N3O3S2. The Labute approximate surface area is 152 Å². The molecule has 0 radical (unpaired) electrons. The van der Waals surface area contributed by atoms with Crippen molar-refractivity contribution in [3.63, 3.8) is 0 Å². The molecule has 1 aliphatic carbocycles. The number of hydrogen-bond donors (Lipinski definition) is 1. The molecule has 25 heavy (non-hydrogen) atoms. The van der Waals surface area contributed by atoms with Gasteiger partial charge in [-0.25, -0.2) is 13.4 Å². The number of nitrogens with one attached hydrogen (secondary N) is 1. The zero-order valence-electron chi connectivity index (χ0n) is 14.5. The van der Waals surface area contributed by atoms with Crippen molar-refractivity contribution >= 4 is 42.6 Å². The van der Waals surface area contributed by atoms with Gasteiger partial charge in [0.2, 0.25) is 15.9 Å². The number of thiazole rings is 1. The van der Waals surface area contributed by atoms with Crippen LogP contribution in [0.15, 0.2) is 23.1 Å². The highest BCUT2D eigenvalue weighted by molar-refractivity contribution is 7.89. The molecule has 1 aliphatic rings. The molecule has 1 heterocycles. The van der Waals surface area contributed by atoms with Crippen LogP contribution >= 0.6 is 11.3 Å². The van der Waals surface area contributed by atoms with Gasteiger partial charge in [0.15, 0.2) is 5.13 Å². The Balaban J connectivity index is 1.87. The second-order valence-corrected chi connectivity index (χ2v) is 9.28. The van der Waals surface area contributed by atoms with Crippen LogP contribution < -0.4 is 5.32 Å². The fraction of sp³-hybridized carbons (Fsp3) is 0.529. The first-order chi connectivity index (χ1) is 12.0. The molecule has 0 atom stereocenters. The van der Waals surface area contributed by atoms with E-state index in [1.807, 2.05) is 13.8 Å². The summed E-state index contributed by atoms with van der Waals surface area (Å²) in [6.07, 6.45) is 3.42. The Hall–Kier alpha value is -1.51. The average molecular weight is 382 g/mol. The summed E-state index contributed by atoms with van der Waals surface area (Å²) in [4.78, 5) is 16.5. The van der Waals surface area contributed by atoms with Crippen molar-refractivity contribution in [3.05, 3.63) is 18.2 Å². The molecule has 1 aromatic heterocycles. The van der Waals surface area contributed by atoms with Crippen LogP contribution in [0.2, 0.25) is 0 Å². The van der Waals surface area contributed by atoms with Gasteiger partial charge >= 0.3 is 0 Å². The van der Waals surface area contributed by atoms with Crippen molar-refractivity contribution in [1.82, 2.24) is 9.29 Å². The van der Waals surface area contributed by atoms with Crippen LogP contribution in [-0.2, 0) is 14.8 Å². The molecule has 0 saturated heterocycles. The van der Waals surface area contributed by atoms with E-state index in [0.29, 0.717) is 23.7 Å². The first kappa shape index (κ1) is 18.3. The monoisotopic (exact) mass is 381 g/mol. The molecule has 1 N–H and O–H groups in total. The van der Waals surface area contributed by atoms with Crippen LogP contribution in [0, 0.1) is 5.92 Å². The van der Waals surface area contributed by atoms with E-state index >= 15 is 0 Å². The van der Waals surface area contributed by atoms with Gasteiger partial charge in [-0.3, -0.25) is 4.79 Å². The standard InChI is InChI=1S/C17H23N3O3S2/c1-3-9-20(10-4-2)25(22,23)13-7-8-14-15(11-13)24-17(18-14)19-16(21)12-5-6-12/h7-8,11-12H,3-6,9-10H2,1-2H3,(H,18,19,21). The van der Waals surface area contributed by atoms with Gasteiger partial charge in [0, 0.05) is 19.0 Å². The number of amides is 1. The van der Waals surface area contributed by atoms with E-state index in [-0.39, 0.29) is 16.7 Å². The number of rotatable bonds is 8. The van der Waals surface area contributed by atoms with Crippen molar-refractivity contribution in [2.75, 3.05) is 18.4 Å². The molecule has 1 fully saturated rings. The van der Waals surface area contributed by atoms with Gasteiger partial charge in [0.25, 0.3) is 0 Å². The summed E-state index contributed by atoms with van der Waals surface area (Å²) in [7, 11) is -3.51. The minimum atomic E-state index is -3.51. The highest BCUT2D eigenvalue weighted by atomic mass is 32.2. The number of sulfonamides is 1. The summed E-state index contributed by atoms with van der Waals surface area (Å²) in [5.41, 5.74) is 0.701. The molecule has 1 saturated carbocycles. The van der Waals surface area contributed by atoms with Crippen LogP contribution in [0.4, 0.5) is 5.13 Å². The van der Waals surface area contributed by atoms with E-state index in [0.717, 1.165) is 30.4 Å². The summed E-state index contributed by atoms with van der Waals surface area (Å²) < 4.78 is 28.1. The molecule has 8 heteroatoms. The van der Waals surface area contributed by atoms with E-state index in [9.17, 15) is 13.2 Å². The maximum atomic E-state index is 12.9. The average Bonchev–Trinajstić information content (AvgIpc) is 3.35.